The minimum absolute atomic E-state index is 0.0833. The summed E-state index contributed by atoms with van der Waals surface area (Å²) in [6, 6.07) is 8.35. The van der Waals surface area contributed by atoms with Gasteiger partial charge in [0, 0.05) is 10.8 Å². The maximum absolute atomic E-state index is 13.3. The molecular weight excluding hydrogens is 624 g/mol. The summed E-state index contributed by atoms with van der Waals surface area (Å²) < 4.78 is 1.29. The summed E-state index contributed by atoms with van der Waals surface area (Å²) >= 11 is 7.12. The van der Waals surface area contributed by atoms with Crippen LogP contribution >= 0.6 is 31.9 Å². The smallest absolute Gasteiger partial charge is 0.200 e. The largest absolute Gasteiger partial charge is 0.288 e. The van der Waals surface area contributed by atoms with Crippen LogP contribution < -0.4 is 10.9 Å². The van der Waals surface area contributed by atoms with E-state index in [0.29, 0.717) is 20.8 Å². The molecule has 4 rings (SSSR count). The Balaban J connectivity index is 1.90. The first kappa shape index (κ1) is 31.4. The van der Waals surface area contributed by atoms with Gasteiger partial charge in [-0.05, 0) is 113 Å². The van der Waals surface area contributed by atoms with Gasteiger partial charge in [0.25, 0.3) is 0 Å². The zero-order valence-electron chi connectivity index (χ0n) is 24.9. The maximum atomic E-state index is 13.3. The average Bonchev–Trinajstić information content (AvgIpc) is 3.40. The lowest BCUT2D eigenvalue weighted by Gasteiger charge is -2.21. The van der Waals surface area contributed by atoms with Crippen molar-refractivity contribution in [2.24, 2.45) is 11.8 Å². The number of hydrogen-bond acceptors (Lipinski definition) is 2. The number of benzene rings is 2. The third kappa shape index (κ3) is 6.75. The highest BCUT2D eigenvalue weighted by Crippen LogP contribution is 2.39. The van der Waals surface area contributed by atoms with Gasteiger partial charge in [0.05, 0.1) is 8.95 Å². The van der Waals surface area contributed by atoms with Gasteiger partial charge in [0.15, 0.2) is 0 Å². The van der Waals surface area contributed by atoms with E-state index in [2.05, 4.69) is 71.7 Å². The third-order valence-corrected chi connectivity index (χ3v) is 10.5. The van der Waals surface area contributed by atoms with E-state index in [-0.39, 0.29) is 10.9 Å². The van der Waals surface area contributed by atoms with Crippen LogP contribution in [0.2, 0.25) is 0 Å². The summed E-state index contributed by atoms with van der Waals surface area (Å²) in [4.78, 5) is 26.7. The molecule has 4 heteroatoms. The Kier molecular flexibility index (Phi) is 11.5. The van der Waals surface area contributed by atoms with Crippen molar-refractivity contribution in [3.63, 3.8) is 0 Å². The first-order chi connectivity index (χ1) is 19.3. The highest BCUT2D eigenvalue weighted by atomic mass is 79.9. The van der Waals surface area contributed by atoms with Crippen LogP contribution in [0.1, 0.15) is 116 Å². The Hall–Kier alpha value is -1.52. The molecule has 2 nitrogen and oxygen atoms in total. The number of unbranched alkanes of at least 4 members (excludes halogenated alkanes) is 6. The monoisotopic (exact) mass is 668 g/mol. The van der Waals surface area contributed by atoms with Crippen LogP contribution in [0.25, 0.3) is 32.3 Å². The van der Waals surface area contributed by atoms with Gasteiger partial charge >= 0.3 is 0 Å². The molecular formula is C36H46Br2O2. The standard InChI is InChI=1S/C36H46Br2O2/c1-5-9-11-13-15-23(7-3)17-25-27-19-32-30(22-34(38)36(32)40)26(18-24(8-4)16-14-12-10-6-2)28(27)20-31-29(25)21-33(37)35(31)39/h19-24H,5-18H2,1-4H3. The van der Waals surface area contributed by atoms with E-state index in [0.717, 1.165) is 47.2 Å². The van der Waals surface area contributed by atoms with Gasteiger partial charge in [-0.1, -0.05) is 105 Å². The van der Waals surface area contributed by atoms with Crippen molar-refractivity contribution in [3.8, 4) is 0 Å². The van der Waals surface area contributed by atoms with Gasteiger partial charge in [-0.15, -0.1) is 0 Å². The number of fused-ring (bicyclic) bond motifs is 3. The Morgan fingerprint density at radius 2 is 0.900 bits per heavy atom. The Morgan fingerprint density at radius 3 is 1.25 bits per heavy atom. The third-order valence-electron chi connectivity index (χ3n) is 9.29. The molecule has 0 aliphatic rings. The second-order valence-corrected chi connectivity index (χ2v) is 13.7. The molecule has 40 heavy (non-hydrogen) atoms. The fraction of sp³-hybridized carbons (Fsp3) is 0.556. The molecule has 0 radical (unpaired) electrons. The van der Waals surface area contributed by atoms with Crippen LogP contribution in [0.15, 0.2) is 42.8 Å². The van der Waals surface area contributed by atoms with Gasteiger partial charge in [-0.2, -0.15) is 0 Å². The summed E-state index contributed by atoms with van der Waals surface area (Å²) in [6.07, 6.45) is 16.7. The molecule has 4 aromatic carbocycles. The second kappa shape index (κ2) is 14.6. The van der Waals surface area contributed by atoms with Crippen molar-refractivity contribution in [2.45, 2.75) is 118 Å². The van der Waals surface area contributed by atoms with Crippen LogP contribution in [0, 0.1) is 11.8 Å². The summed E-state index contributed by atoms with van der Waals surface area (Å²) in [5.74, 6) is 1.13. The molecule has 0 aliphatic heterocycles. The van der Waals surface area contributed by atoms with Crippen molar-refractivity contribution in [3.05, 3.63) is 64.8 Å². The molecule has 0 saturated carbocycles. The molecule has 2 unspecified atom stereocenters. The zero-order chi connectivity index (χ0) is 28.8. The number of rotatable bonds is 16. The predicted octanol–water partition coefficient (Wildman–Crippen LogP) is 11.3. The molecule has 0 spiro atoms. The van der Waals surface area contributed by atoms with Gasteiger partial charge in [-0.3, -0.25) is 9.59 Å². The van der Waals surface area contributed by atoms with E-state index in [1.165, 1.54) is 86.1 Å². The van der Waals surface area contributed by atoms with Gasteiger partial charge < -0.3 is 0 Å². The average molecular weight is 671 g/mol. The first-order valence-corrected chi connectivity index (χ1v) is 17.4. The molecule has 2 atom stereocenters. The molecule has 0 saturated heterocycles. The van der Waals surface area contributed by atoms with Crippen LogP contribution in [0.5, 0.6) is 0 Å². The van der Waals surface area contributed by atoms with Crippen LogP contribution in [0.4, 0.5) is 0 Å². The van der Waals surface area contributed by atoms with Crippen LogP contribution in [-0.4, -0.2) is 0 Å². The fourth-order valence-corrected chi connectivity index (χ4v) is 7.58. The molecule has 0 fully saturated rings. The van der Waals surface area contributed by atoms with E-state index in [1.807, 2.05) is 12.1 Å². The maximum Gasteiger partial charge on any atom is 0.200 e. The summed E-state index contributed by atoms with van der Waals surface area (Å²) in [6.45, 7) is 9.11. The van der Waals surface area contributed by atoms with Gasteiger partial charge in [-0.25, -0.2) is 0 Å². The van der Waals surface area contributed by atoms with E-state index >= 15 is 0 Å². The molecule has 216 valence electrons. The molecule has 0 N–H and O–H groups in total. The lowest BCUT2D eigenvalue weighted by molar-refractivity contribution is 0.440. The highest BCUT2D eigenvalue weighted by Gasteiger charge is 2.23. The molecule has 0 amide bonds. The topological polar surface area (TPSA) is 34.1 Å². The van der Waals surface area contributed by atoms with Crippen LogP contribution in [-0.2, 0) is 12.8 Å². The summed E-state index contributed by atoms with van der Waals surface area (Å²) in [5.41, 5.74) is 2.68. The quantitative estimate of drug-likeness (QED) is 0.111. The van der Waals surface area contributed by atoms with Crippen molar-refractivity contribution in [2.75, 3.05) is 0 Å². The molecule has 0 bridgehead atoms. The Labute approximate surface area is 257 Å². The van der Waals surface area contributed by atoms with E-state index in [9.17, 15) is 9.59 Å². The SMILES string of the molecule is CCCCCCC(CC)Cc1c2cc3c(=O)c(Br)cc3c(CC(CC)CCCCCC)c2cc2c(=O)c(Br)cc12. The van der Waals surface area contributed by atoms with Crippen molar-refractivity contribution in [1.29, 1.82) is 0 Å². The lowest BCUT2D eigenvalue weighted by Crippen LogP contribution is -2.08. The molecule has 0 aromatic heterocycles. The van der Waals surface area contributed by atoms with Gasteiger partial charge in [0.1, 0.15) is 0 Å². The van der Waals surface area contributed by atoms with Crippen molar-refractivity contribution < 1.29 is 0 Å². The first-order valence-electron chi connectivity index (χ1n) is 15.8. The summed E-state index contributed by atoms with van der Waals surface area (Å²) in [5, 5.41) is 6.11. The van der Waals surface area contributed by atoms with Crippen LogP contribution in [0.3, 0.4) is 0 Å². The van der Waals surface area contributed by atoms with Gasteiger partial charge in [0.2, 0.25) is 10.9 Å². The number of halogens is 2. The predicted molar refractivity (Wildman–Crippen MR) is 182 cm³/mol. The minimum atomic E-state index is 0.0833. The molecule has 4 aromatic rings. The van der Waals surface area contributed by atoms with Crippen molar-refractivity contribution in [1.82, 2.24) is 0 Å². The van der Waals surface area contributed by atoms with E-state index in [1.54, 1.807) is 0 Å². The zero-order valence-corrected chi connectivity index (χ0v) is 28.1. The minimum Gasteiger partial charge on any atom is -0.288 e. The van der Waals surface area contributed by atoms with E-state index in [4.69, 9.17) is 0 Å². The lowest BCUT2D eigenvalue weighted by atomic mass is 9.83. The Bertz CT molecular complexity index is 1410. The second-order valence-electron chi connectivity index (χ2n) is 12.0. The molecule has 0 aliphatic carbocycles. The Morgan fingerprint density at radius 1 is 0.525 bits per heavy atom. The highest BCUT2D eigenvalue weighted by molar-refractivity contribution is 9.10. The molecule has 0 heterocycles. The number of hydrogen-bond donors (Lipinski definition) is 0. The van der Waals surface area contributed by atoms with E-state index < -0.39 is 0 Å². The van der Waals surface area contributed by atoms with Crippen molar-refractivity contribution >= 4 is 64.2 Å². The summed E-state index contributed by atoms with van der Waals surface area (Å²) in [7, 11) is 0. The normalized spacial score (nSPS) is 13.7. The fourth-order valence-electron chi connectivity index (χ4n) is 6.70.